The first-order valence-electron chi connectivity index (χ1n) is 13.5. The maximum absolute atomic E-state index is 13.0. The molecule has 1 aliphatic heterocycles. The topological polar surface area (TPSA) is 74.2 Å². The molecule has 5 aromatic rings. The first-order chi connectivity index (χ1) is 20.3. The predicted octanol–water partition coefficient (Wildman–Crippen LogP) is 6.29. The number of hydrogen-bond acceptors (Lipinski definition) is 6. The summed E-state index contributed by atoms with van der Waals surface area (Å²) in [5, 5.41) is 2.66. The number of aromatic nitrogens is 3. The molecule has 3 heterocycles. The minimum absolute atomic E-state index is 0.0623. The van der Waals surface area contributed by atoms with Crippen molar-refractivity contribution in [3.8, 4) is 11.1 Å². The van der Waals surface area contributed by atoms with E-state index >= 15 is 0 Å². The minimum atomic E-state index is -4.52. The molecule has 212 valence electrons. The smallest absolute Gasteiger partial charge is 0.353 e. The number of pyridine rings is 1. The molecule has 0 bridgehead atoms. The summed E-state index contributed by atoms with van der Waals surface area (Å²) >= 11 is 0. The lowest BCUT2D eigenvalue weighted by molar-refractivity contribution is -0.137. The molecule has 2 aromatic heterocycles. The van der Waals surface area contributed by atoms with Crippen molar-refractivity contribution in [1.82, 2.24) is 19.9 Å². The molecule has 10 heteroatoms. The fourth-order valence-corrected chi connectivity index (χ4v) is 5.00. The largest absolute Gasteiger partial charge is 0.416 e. The van der Waals surface area contributed by atoms with Crippen molar-refractivity contribution in [3.05, 3.63) is 114 Å². The van der Waals surface area contributed by atoms with E-state index in [9.17, 15) is 18.0 Å². The molecule has 0 aliphatic carbocycles. The number of carbonyl (C=O) groups excluding carboxylic acids is 1. The van der Waals surface area contributed by atoms with Crippen LogP contribution in [-0.2, 0) is 12.7 Å². The molecule has 0 unspecified atom stereocenters. The van der Waals surface area contributed by atoms with Crippen LogP contribution < -0.4 is 10.2 Å². The molecular weight excluding hydrogens is 541 g/mol. The van der Waals surface area contributed by atoms with Gasteiger partial charge in [-0.3, -0.25) is 19.7 Å². The third kappa shape index (κ3) is 6.23. The number of hydrogen-bond donors (Lipinski definition) is 1. The summed E-state index contributed by atoms with van der Waals surface area (Å²) in [7, 11) is 0. The van der Waals surface area contributed by atoms with E-state index in [-0.39, 0.29) is 5.56 Å². The fraction of sp³-hybridized carbons (Fsp3) is 0.188. The Kier molecular flexibility index (Phi) is 7.54. The lowest BCUT2D eigenvalue weighted by atomic mass is 10.0. The summed E-state index contributed by atoms with van der Waals surface area (Å²) in [6, 6.07) is 21.4. The number of rotatable bonds is 6. The predicted molar refractivity (Wildman–Crippen MR) is 156 cm³/mol. The Morgan fingerprint density at radius 2 is 1.62 bits per heavy atom. The molecule has 0 radical (unpaired) electrons. The molecule has 7 nitrogen and oxygen atoms in total. The summed E-state index contributed by atoms with van der Waals surface area (Å²) in [6.45, 7) is 4.43. The Balaban J connectivity index is 1.12. The fourth-order valence-electron chi connectivity index (χ4n) is 5.00. The number of nitrogens with zero attached hydrogens (tertiary/aromatic N) is 5. The number of nitrogens with one attached hydrogen (secondary N) is 1. The van der Waals surface area contributed by atoms with E-state index in [0.717, 1.165) is 72.8 Å². The van der Waals surface area contributed by atoms with E-state index < -0.39 is 17.6 Å². The first kappa shape index (κ1) is 27.3. The van der Waals surface area contributed by atoms with Crippen LogP contribution in [0.2, 0.25) is 0 Å². The molecule has 0 saturated carbocycles. The van der Waals surface area contributed by atoms with Crippen molar-refractivity contribution >= 4 is 28.4 Å². The molecule has 6 rings (SSSR count). The lowest BCUT2D eigenvalue weighted by Gasteiger charge is -2.35. The van der Waals surface area contributed by atoms with Gasteiger partial charge in [0.1, 0.15) is 5.82 Å². The molecule has 1 saturated heterocycles. The third-order valence-corrected chi connectivity index (χ3v) is 7.28. The molecule has 3 aromatic carbocycles. The van der Waals surface area contributed by atoms with Crippen LogP contribution in [0, 0.1) is 0 Å². The van der Waals surface area contributed by atoms with Gasteiger partial charge in [-0.1, -0.05) is 30.3 Å². The zero-order valence-corrected chi connectivity index (χ0v) is 22.6. The second-order valence-corrected chi connectivity index (χ2v) is 10.2. The number of amides is 1. The number of carbonyl (C=O) groups is 1. The molecule has 1 N–H and O–H groups in total. The average molecular weight is 569 g/mol. The van der Waals surface area contributed by atoms with Crippen molar-refractivity contribution in [1.29, 1.82) is 0 Å². The van der Waals surface area contributed by atoms with Gasteiger partial charge in [-0.25, -0.2) is 4.98 Å². The van der Waals surface area contributed by atoms with Gasteiger partial charge in [-0.05, 0) is 65.2 Å². The number of anilines is 2. The quantitative estimate of drug-likeness (QED) is 0.260. The van der Waals surface area contributed by atoms with Gasteiger partial charge in [0.15, 0.2) is 0 Å². The SMILES string of the molecule is O=C(Nc1ccc(-c2ccc3ncc(N4CCN(Cc5cccnc5)CC4)nc3c2)cc1)c1cccc(C(F)(F)F)c1. The van der Waals surface area contributed by atoms with Gasteiger partial charge in [0, 0.05) is 56.4 Å². The summed E-state index contributed by atoms with van der Waals surface area (Å²) in [5.41, 5.74) is 4.18. The van der Waals surface area contributed by atoms with Crippen LogP contribution in [0.25, 0.3) is 22.2 Å². The summed E-state index contributed by atoms with van der Waals surface area (Å²) in [4.78, 5) is 31.0. The van der Waals surface area contributed by atoms with Crippen molar-refractivity contribution in [2.75, 3.05) is 36.4 Å². The summed E-state index contributed by atoms with van der Waals surface area (Å²) in [5.74, 6) is 0.230. The Morgan fingerprint density at radius 1 is 0.833 bits per heavy atom. The van der Waals surface area contributed by atoms with E-state index in [0.29, 0.717) is 5.69 Å². The highest BCUT2D eigenvalue weighted by Crippen LogP contribution is 2.30. The first-order valence-corrected chi connectivity index (χ1v) is 13.5. The number of alkyl halides is 3. The van der Waals surface area contributed by atoms with Gasteiger partial charge in [-0.15, -0.1) is 0 Å². The number of piperazine rings is 1. The standard InChI is InChI=1S/C32H27F3N6O/c33-32(34,35)26-5-1-4-25(17-26)31(42)38-27-9-6-23(7-10-27)24-8-11-28-29(18-24)39-30(20-37-28)41-15-13-40(14-16-41)21-22-3-2-12-36-19-22/h1-12,17-20H,13-16,21H2,(H,38,42). The van der Waals surface area contributed by atoms with Crippen LogP contribution in [0.4, 0.5) is 24.7 Å². The van der Waals surface area contributed by atoms with E-state index in [1.54, 1.807) is 18.3 Å². The van der Waals surface area contributed by atoms with E-state index in [2.05, 4.69) is 31.2 Å². The van der Waals surface area contributed by atoms with Gasteiger partial charge in [0.05, 0.1) is 22.8 Å². The molecular formula is C32H27F3N6O. The van der Waals surface area contributed by atoms with Crippen molar-refractivity contribution < 1.29 is 18.0 Å². The number of halogens is 3. The Hall–Kier alpha value is -4.83. The van der Waals surface area contributed by atoms with Crippen molar-refractivity contribution in [2.45, 2.75) is 12.7 Å². The Labute approximate surface area is 240 Å². The van der Waals surface area contributed by atoms with Gasteiger partial charge in [0.25, 0.3) is 5.91 Å². The van der Waals surface area contributed by atoms with E-state index in [1.165, 1.54) is 17.7 Å². The van der Waals surface area contributed by atoms with Crippen LogP contribution in [0.1, 0.15) is 21.5 Å². The zero-order valence-electron chi connectivity index (χ0n) is 22.6. The van der Waals surface area contributed by atoms with Gasteiger partial charge in [-0.2, -0.15) is 13.2 Å². The van der Waals surface area contributed by atoms with E-state index in [4.69, 9.17) is 4.98 Å². The summed E-state index contributed by atoms with van der Waals surface area (Å²) in [6.07, 6.45) is 0.996. The lowest BCUT2D eigenvalue weighted by Crippen LogP contribution is -2.46. The molecule has 1 amide bonds. The maximum atomic E-state index is 13.0. The number of benzene rings is 3. The monoisotopic (exact) mass is 568 g/mol. The highest BCUT2D eigenvalue weighted by atomic mass is 19.4. The Bertz CT molecular complexity index is 1700. The van der Waals surface area contributed by atoms with Gasteiger partial charge < -0.3 is 10.2 Å². The zero-order chi connectivity index (χ0) is 29.1. The second-order valence-electron chi connectivity index (χ2n) is 10.2. The van der Waals surface area contributed by atoms with Gasteiger partial charge in [0.2, 0.25) is 0 Å². The van der Waals surface area contributed by atoms with Crippen LogP contribution in [-0.4, -0.2) is 51.9 Å². The third-order valence-electron chi connectivity index (χ3n) is 7.28. The molecule has 0 atom stereocenters. The normalized spacial score (nSPS) is 14.2. The minimum Gasteiger partial charge on any atom is -0.353 e. The van der Waals surface area contributed by atoms with Crippen LogP contribution in [0.15, 0.2) is 97.5 Å². The molecule has 42 heavy (non-hydrogen) atoms. The van der Waals surface area contributed by atoms with Crippen LogP contribution >= 0.6 is 0 Å². The molecule has 0 spiro atoms. The highest BCUT2D eigenvalue weighted by molar-refractivity contribution is 6.04. The molecule has 1 aliphatic rings. The number of fused-ring (bicyclic) bond motifs is 1. The summed E-state index contributed by atoms with van der Waals surface area (Å²) < 4.78 is 39.0. The van der Waals surface area contributed by atoms with Crippen molar-refractivity contribution in [2.24, 2.45) is 0 Å². The average Bonchev–Trinajstić information content (AvgIpc) is 3.01. The maximum Gasteiger partial charge on any atom is 0.416 e. The Morgan fingerprint density at radius 3 is 2.36 bits per heavy atom. The van der Waals surface area contributed by atoms with Crippen LogP contribution in [0.5, 0.6) is 0 Å². The van der Waals surface area contributed by atoms with Gasteiger partial charge >= 0.3 is 6.18 Å². The second kappa shape index (κ2) is 11.6. The molecule has 1 fully saturated rings. The van der Waals surface area contributed by atoms with Crippen molar-refractivity contribution in [3.63, 3.8) is 0 Å². The van der Waals surface area contributed by atoms with E-state index in [1.807, 2.05) is 48.8 Å². The van der Waals surface area contributed by atoms with Crippen LogP contribution in [0.3, 0.4) is 0 Å². The highest BCUT2D eigenvalue weighted by Gasteiger charge is 2.31.